The van der Waals surface area contributed by atoms with Crippen LogP contribution in [0.5, 0.6) is 0 Å². The fourth-order valence-corrected chi connectivity index (χ4v) is 2.54. The molecule has 0 aliphatic heterocycles. The first-order valence-electron chi connectivity index (χ1n) is 5.08. The zero-order chi connectivity index (χ0) is 14.6. The van der Waals surface area contributed by atoms with Crippen LogP contribution in [0.15, 0.2) is 23.1 Å². The van der Waals surface area contributed by atoms with E-state index < -0.39 is 51.5 Å². The molecule has 0 aromatic heterocycles. The first kappa shape index (κ1) is 15.5. The number of halogens is 1. The SMILES string of the molecule is O=C(O)c1ccc(S(=O)(=O)NC(CO)CO)c(F)c1. The molecular formula is C10H12FNO6S. The van der Waals surface area contributed by atoms with Crippen molar-refractivity contribution in [2.24, 2.45) is 0 Å². The number of carbonyl (C=O) groups is 1. The van der Waals surface area contributed by atoms with E-state index in [0.29, 0.717) is 6.07 Å². The van der Waals surface area contributed by atoms with E-state index >= 15 is 0 Å². The summed E-state index contributed by atoms with van der Waals surface area (Å²) in [4.78, 5) is 9.83. The van der Waals surface area contributed by atoms with Crippen LogP contribution < -0.4 is 4.72 Å². The van der Waals surface area contributed by atoms with Crippen molar-refractivity contribution in [1.29, 1.82) is 0 Å². The molecule has 1 aromatic carbocycles. The second-order valence-electron chi connectivity index (χ2n) is 3.63. The normalized spacial score (nSPS) is 11.8. The smallest absolute Gasteiger partial charge is 0.335 e. The molecule has 0 heterocycles. The lowest BCUT2D eigenvalue weighted by molar-refractivity contribution is 0.0696. The van der Waals surface area contributed by atoms with Gasteiger partial charge in [-0.05, 0) is 18.2 Å². The Hall–Kier alpha value is -1.55. The number of rotatable bonds is 6. The van der Waals surface area contributed by atoms with Crippen molar-refractivity contribution in [3.63, 3.8) is 0 Å². The number of nitrogens with one attached hydrogen (secondary N) is 1. The number of aromatic carboxylic acids is 1. The maximum absolute atomic E-state index is 13.6. The van der Waals surface area contributed by atoms with Gasteiger partial charge in [0.1, 0.15) is 10.7 Å². The molecule has 9 heteroatoms. The predicted octanol–water partition coefficient (Wildman–Crippen LogP) is -0.845. The lowest BCUT2D eigenvalue weighted by Crippen LogP contribution is -2.40. The Kier molecular flexibility index (Phi) is 4.95. The first-order valence-corrected chi connectivity index (χ1v) is 6.57. The van der Waals surface area contributed by atoms with Crippen LogP contribution in [-0.2, 0) is 10.0 Å². The Bertz CT molecular complexity index is 569. The maximum atomic E-state index is 13.6. The van der Waals surface area contributed by atoms with Crippen molar-refractivity contribution in [2.45, 2.75) is 10.9 Å². The number of carboxylic acids is 1. The van der Waals surface area contributed by atoms with Crippen molar-refractivity contribution in [3.8, 4) is 0 Å². The van der Waals surface area contributed by atoms with Gasteiger partial charge >= 0.3 is 5.97 Å². The molecule has 0 aliphatic rings. The summed E-state index contributed by atoms with van der Waals surface area (Å²) in [6, 6.07) is 1.15. The van der Waals surface area contributed by atoms with E-state index in [1.165, 1.54) is 0 Å². The lowest BCUT2D eigenvalue weighted by Gasteiger charge is -2.14. The minimum absolute atomic E-state index is 0.391. The van der Waals surface area contributed by atoms with Crippen LogP contribution in [-0.4, -0.2) is 49.0 Å². The highest BCUT2D eigenvalue weighted by atomic mass is 32.2. The lowest BCUT2D eigenvalue weighted by atomic mass is 10.2. The predicted molar refractivity (Wildman–Crippen MR) is 61.6 cm³/mol. The van der Waals surface area contributed by atoms with Crippen molar-refractivity contribution < 1.29 is 32.9 Å². The molecule has 1 aromatic rings. The Balaban J connectivity index is 3.12. The molecule has 0 atom stereocenters. The Morgan fingerprint density at radius 3 is 2.32 bits per heavy atom. The van der Waals surface area contributed by atoms with Gasteiger partial charge in [-0.3, -0.25) is 0 Å². The molecule has 0 bridgehead atoms. The highest BCUT2D eigenvalue weighted by molar-refractivity contribution is 7.89. The topological polar surface area (TPSA) is 124 Å². The van der Waals surface area contributed by atoms with Crippen LogP contribution in [0.1, 0.15) is 10.4 Å². The zero-order valence-corrected chi connectivity index (χ0v) is 10.4. The second-order valence-corrected chi connectivity index (χ2v) is 5.32. The molecule has 7 nitrogen and oxygen atoms in total. The summed E-state index contributed by atoms with van der Waals surface area (Å²) in [5, 5.41) is 26.2. The number of sulfonamides is 1. The Morgan fingerprint density at radius 1 is 1.32 bits per heavy atom. The van der Waals surface area contributed by atoms with Gasteiger partial charge in [0.25, 0.3) is 0 Å². The van der Waals surface area contributed by atoms with Crippen molar-refractivity contribution in [1.82, 2.24) is 4.72 Å². The van der Waals surface area contributed by atoms with E-state index in [1.807, 2.05) is 4.72 Å². The third-order valence-corrected chi connectivity index (χ3v) is 3.78. The molecule has 0 fully saturated rings. The van der Waals surface area contributed by atoms with Crippen LogP contribution in [0.25, 0.3) is 0 Å². The summed E-state index contributed by atoms with van der Waals surface area (Å²) in [5.41, 5.74) is -0.391. The summed E-state index contributed by atoms with van der Waals surface area (Å²) in [6.45, 7) is -1.32. The summed E-state index contributed by atoms with van der Waals surface area (Å²) in [5.74, 6) is -2.62. The average Bonchev–Trinajstić information content (AvgIpc) is 2.35. The second kappa shape index (κ2) is 6.06. The number of benzene rings is 1. The minimum atomic E-state index is -4.29. The Morgan fingerprint density at radius 2 is 1.89 bits per heavy atom. The number of hydrogen-bond donors (Lipinski definition) is 4. The first-order chi connectivity index (χ1) is 8.81. The third kappa shape index (κ3) is 3.70. The average molecular weight is 293 g/mol. The van der Waals surface area contributed by atoms with Gasteiger partial charge in [0, 0.05) is 0 Å². The van der Waals surface area contributed by atoms with Crippen molar-refractivity contribution in [2.75, 3.05) is 13.2 Å². The molecule has 1 rings (SSSR count). The van der Waals surface area contributed by atoms with E-state index in [2.05, 4.69) is 0 Å². The molecule has 0 spiro atoms. The van der Waals surface area contributed by atoms with E-state index in [9.17, 15) is 17.6 Å². The molecule has 106 valence electrons. The minimum Gasteiger partial charge on any atom is -0.478 e. The van der Waals surface area contributed by atoms with Gasteiger partial charge in [-0.25, -0.2) is 22.3 Å². The van der Waals surface area contributed by atoms with Gasteiger partial charge in [0.15, 0.2) is 0 Å². The molecule has 4 N–H and O–H groups in total. The molecule has 0 amide bonds. The quantitative estimate of drug-likeness (QED) is 0.542. The fourth-order valence-electron chi connectivity index (χ4n) is 1.27. The maximum Gasteiger partial charge on any atom is 0.335 e. The van der Waals surface area contributed by atoms with Gasteiger partial charge in [-0.1, -0.05) is 0 Å². The molecule has 0 saturated heterocycles. The third-order valence-electron chi connectivity index (χ3n) is 2.23. The molecule has 19 heavy (non-hydrogen) atoms. The zero-order valence-electron chi connectivity index (χ0n) is 9.58. The molecule has 0 saturated carbocycles. The largest absolute Gasteiger partial charge is 0.478 e. The molecule has 0 unspecified atom stereocenters. The van der Waals surface area contributed by atoms with E-state index in [1.54, 1.807) is 0 Å². The molecular weight excluding hydrogens is 281 g/mol. The van der Waals surface area contributed by atoms with Crippen molar-refractivity contribution in [3.05, 3.63) is 29.6 Å². The number of aliphatic hydroxyl groups is 2. The van der Waals surface area contributed by atoms with Crippen LogP contribution in [0.3, 0.4) is 0 Å². The summed E-state index contributed by atoms with van der Waals surface area (Å²) in [6.07, 6.45) is 0. The highest BCUT2D eigenvalue weighted by Gasteiger charge is 2.23. The van der Waals surface area contributed by atoms with E-state index in [0.717, 1.165) is 12.1 Å². The van der Waals surface area contributed by atoms with Crippen LogP contribution >= 0.6 is 0 Å². The van der Waals surface area contributed by atoms with Crippen LogP contribution in [0, 0.1) is 5.82 Å². The van der Waals surface area contributed by atoms with Gasteiger partial charge in [-0.15, -0.1) is 0 Å². The molecule has 0 radical (unpaired) electrons. The fraction of sp³-hybridized carbons (Fsp3) is 0.300. The van der Waals surface area contributed by atoms with Crippen molar-refractivity contribution >= 4 is 16.0 Å². The molecule has 0 aliphatic carbocycles. The summed E-state index contributed by atoms with van der Waals surface area (Å²) >= 11 is 0. The Labute approximate surface area is 108 Å². The van der Waals surface area contributed by atoms with Gasteiger partial charge in [0.2, 0.25) is 10.0 Å². The summed E-state index contributed by atoms with van der Waals surface area (Å²) < 4.78 is 38.9. The summed E-state index contributed by atoms with van der Waals surface area (Å²) in [7, 11) is -4.29. The number of hydrogen-bond acceptors (Lipinski definition) is 5. The highest BCUT2D eigenvalue weighted by Crippen LogP contribution is 2.16. The standard InChI is InChI=1S/C10H12FNO6S/c11-8-3-6(10(15)16)1-2-9(8)19(17,18)12-7(4-13)5-14/h1-3,7,12-14H,4-5H2,(H,15,16). The van der Waals surface area contributed by atoms with Gasteiger partial charge in [0.05, 0.1) is 24.8 Å². The number of aliphatic hydroxyl groups excluding tert-OH is 2. The van der Waals surface area contributed by atoms with E-state index in [-0.39, 0.29) is 0 Å². The number of carboxylic acid groups (broad SMARTS) is 1. The van der Waals surface area contributed by atoms with Crippen LogP contribution in [0.2, 0.25) is 0 Å². The van der Waals surface area contributed by atoms with Crippen LogP contribution in [0.4, 0.5) is 4.39 Å². The van der Waals surface area contributed by atoms with E-state index in [4.69, 9.17) is 15.3 Å². The van der Waals surface area contributed by atoms with Gasteiger partial charge in [-0.2, -0.15) is 0 Å². The monoisotopic (exact) mass is 293 g/mol. The van der Waals surface area contributed by atoms with Gasteiger partial charge < -0.3 is 15.3 Å².